The van der Waals surface area contributed by atoms with Gasteiger partial charge in [-0.2, -0.15) is 0 Å². The lowest BCUT2D eigenvalue weighted by Crippen LogP contribution is -2.52. The van der Waals surface area contributed by atoms with Gasteiger partial charge in [0.1, 0.15) is 0 Å². The molecular formula is C24H31IN6O2. The van der Waals surface area contributed by atoms with E-state index in [0.29, 0.717) is 25.2 Å². The van der Waals surface area contributed by atoms with Crippen LogP contribution in [0.25, 0.3) is 0 Å². The molecule has 4 rings (SSSR count). The highest BCUT2D eigenvalue weighted by molar-refractivity contribution is 14.0. The third-order valence-corrected chi connectivity index (χ3v) is 5.89. The van der Waals surface area contributed by atoms with Gasteiger partial charge in [-0.05, 0) is 29.8 Å². The van der Waals surface area contributed by atoms with Crippen molar-refractivity contribution in [1.82, 2.24) is 20.4 Å². The van der Waals surface area contributed by atoms with Gasteiger partial charge < -0.3 is 25.3 Å². The molecule has 176 valence electrons. The third kappa shape index (κ3) is 6.37. The van der Waals surface area contributed by atoms with Crippen molar-refractivity contribution in [2.45, 2.75) is 6.54 Å². The molecule has 0 saturated carbocycles. The van der Waals surface area contributed by atoms with E-state index in [1.165, 1.54) is 5.69 Å². The van der Waals surface area contributed by atoms with E-state index in [1.807, 2.05) is 37.4 Å². The number of nitrogens with zero attached hydrogens (tertiary/aromatic N) is 4. The average Bonchev–Trinajstić information content (AvgIpc) is 2.85. The van der Waals surface area contributed by atoms with Gasteiger partial charge >= 0.3 is 0 Å². The second kappa shape index (κ2) is 11.9. The number of carbonyl (C=O) groups is 2. The first-order valence-corrected chi connectivity index (χ1v) is 11.0. The number of amides is 2. The number of hydrogen-bond acceptors (Lipinski definition) is 4. The molecule has 2 aromatic carbocycles. The fraction of sp³-hybridized carbons (Fsp3) is 0.375. The highest BCUT2D eigenvalue weighted by atomic mass is 127. The van der Waals surface area contributed by atoms with Gasteiger partial charge in [-0.15, -0.1) is 24.0 Å². The van der Waals surface area contributed by atoms with Crippen molar-refractivity contribution in [3.63, 3.8) is 0 Å². The summed E-state index contributed by atoms with van der Waals surface area (Å²) in [5.74, 6) is 0.671. The normalized spacial score (nSPS) is 16.7. The maximum absolute atomic E-state index is 12.6. The number of piperazine rings is 2. The Balaban J connectivity index is 0.00000306. The Morgan fingerprint density at radius 2 is 1.67 bits per heavy atom. The maximum atomic E-state index is 12.6. The van der Waals surface area contributed by atoms with Crippen molar-refractivity contribution in [1.29, 1.82) is 0 Å². The number of anilines is 1. The summed E-state index contributed by atoms with van der Waals surface area (Å²) in [7, 11) is 1.81. The first-order valence-electron chi connectivity index (χ1n) is 11.0. The number of benzene rings is 2. The topological polar surface area (TPSA) is 80.3 Å². The van der Waals surface area contributed by atoms with Crippen LogP contribution in [0.4, 0.5) is 5.69 Å². The van der Waals surface area contributed by atoms with E-state index in [1.54, 1.807) is 4.90 Å². The van der Waals surface area contributed by atoms with Crippen molar-refractivity contribution >= 4 is 47.4 Å². The van der Waals surface area contributed by atoms with E-state index < -0.39 is 0 Å². The monoisotopic (exact) mass is 562 g/mol. The molecule has 0 bridgehead atoms. The van der Waals surface area contributed by atoms with Crippen LogP contribution in [0, 0.1) is 0 Å². The van der Waals surface area contributed by atoms with Gasteiger partial charge in [0.25, 0.3) is 5.91 Å². The number of carbonyl (C=O) groups excluding carboxylic acids is 2. The molecule has 2 fully saturated rings. The van der Waals surface area contributed by atoms with Gasteiger partial charge in [-0.25, -0.2) is 0 Å². The van der Waals surface area contributed by atoms with E-state index in [-0.39, 0.29) is 42.3 Å². The molecule has 9 heteroatoms. The molecule has 33 heavy (non-hydrogen) atoms. The SMILES string of the molecule is CN=C(NCc1ccc(C(=O)N2CCNC(=O)C2)cc1)N1CCN(c2ccccc2)CC1.I. The van der Waals surface area contributed by atoms with Crippen molar-refractivity contribution < 1.29 is 9.59 Å². The highest BCUT2D eigenvalue weighted by Crippen LogP contribution is 2.16. The molecular weight excluding hydrogens is 531 g/mol. The van der Waals surface area contributed by atoms with Gasteiger partial charge in [0.15, 0.2) is 5.96 Å². The zero-order valence-electron chi connectivity index (χ0n) is 18.9. The fourth-order valence-electron chi connectivity index (χ4n) is 4.09. The average molecular weight is 562 g/mol. The molecule has 2 amide bonds. The lowest BCUT2D eigenvalue weighted by molar-refractivity contribution is -0.123. The minimum Gasteiger partial charge on any atom is -0.368 e. The first-order chi connectivity index (χ1) is 15.6. The second-order valence-corrected chi connectivity index (χ2v) is 7.98. The number of aliphatic imine (C=N–C) groups is 1. The van der Waals surface area contributed by atoms with Crippen LogP contribution in [0.2, 0.25) is 0 Å². The van der Waals surface area contributed by atoms with E-state index in [0.717, 1.165) is 37.7 Å². The van der Waals surface area contributed by atoms with Gasteiger partial charge in [-0.3, -0.25) is 14.6 Å². The first kappa shape index (κ1) is 24.8. The Bertz CT molecular complexity index is 959. The van der Waals surface area contributed by atoms with Crippen molar-refractivity contribution in [2.75, 3.05) is 57.8 Å². The van der Waals surface area contributed by atoms with Crippen LogP contribution >= 0.6 is 24.0 Å². The molecule has 0 atom stereocenters. The standard InChI is InChI=1S/C24H30N6O2.HI/c1-25-24(29-15-13-28(14-16-29)21-5-3-2-4-6-21)27-17-19-7-9-20(10-8-19)23(32)30-12-11-26-22(31)18-30;/h2-10H,11-18H2,1H3,(H,25,27)(H,26,31);1H. The van der Waals surface area contributed by atoms with Crippen LogP contribution in [0.1, 0.15) is 15.9 Å². The number of rotatable bonds is 4. The predicted octanol–water partition coefficient (Wildman–Crippen LogP) is 1.77. The maximum Gasteiger partial charge on any atom is 0.254 e. The molecule has 2 saturated heterocycles. The summed E-state index contributed by atoms with van der Waals surface area (Å²) in [6.07, 6.45) is 0. The zero-order valence-corrected chi connectivity index (χ0v) is 21.2. The van der Waals surface area contributed by atoms with Crippen LogP contribution in [0.3, 0.4) is 0 Å². The second-order valence-electron chi connectivity index (χ2n) is 7.98. The van der Waals surface area contributed by atoms with Crippen molar-refractivity contribution in [3.8, 4) is 0 Å². The summed E-state index contributed by atoms with van der Waals surface area (Å²) in [4.78, 5) is 34.8. The summed E-state index contributed by atoms with van der Waals surface area (Å²) in [5, 5.41) is 6.18. The Kier molecular flexibility index (Phi) is 8.93. The molecule has 0 aromatic heterocycles. The molecule has 0 aliphatic carbocycles. The number of hydrogen-bond donors (Lipinski definition) is 2. The third-order valence-electron chi connectivity index (χ3n) is 5.89. The Morgan fingerprint density at radius 3 is 2.30 bits per heavy atom. The lowest BCUT2D eigenvalue weighted by Gasteiger charge is -2.37. The van der Waals surface area contributed by atoms with Crippen molar-refractivity contribution in [2.24, 2.45) is 4.99 Å². The summed E-state index contributed by atoms with van der Waals surface area (Å²) < 4.78 is 0. The van der Waals surface area contributed by atoms with Crippen LogP contribution in [0.15, 0.2) is 59.6 Å². The van der Waals surface area contributed by atoms with Crippen molar-refractivity contribution in [3.05, 3.63) is 65.7 Å². The molecule has 2 heterocycles. The molecule has 2 aliphatic heterocycles. The van der Waals surface area contributed by atoms with E-state index >= 15 is 0 Å². The predicted molar refractivity (Wildman–Crippen MR) is 141 cm³/mol. The molecule has 2 aromatic rings. The van der Waals surface area contributed by atoms with Crippen LogP contribution in [-0.2, 0) is 11.3 Å². The summed E-state index contributed by atoms with van der Waals surface area (Å²) in [6.45, 7) is 5.53. The summed E-state index contributed by atoms with van der Waals surface area (Å²) in [6, 6.07) is 18.0. The van der Waals surface area contributed by atoms with Crippen LogP contribution < -0.4 is 15.5 Å². The Morgan fingerprint density at radius 1 is 0.970 bits per heavy atom. The number of nitrogens with one attached hydrogen (secondary N) is 2. The molecule has 0 spiro atoms. The molecule has 8 nitrogen and oxygen atoms in total. The number of guanidine groups is 1. The Labute approximate surface area is 212 Å². The molecule has 2 N–H and O–H groups in total. The van der Waals surface area contributed by atoms with E-state index in [2.05, 4.69) is 49.7 Å². The largest absolute Gasteiger partial charge is 0.368 e. The number of halogens is 1. The smallest absolute Gasteiger partial charge is 0.254 e. The molecule has 0 radical (unpaired) electrons. The Hall–Kier alpha value is -2.82. The molecule has 0 unspecified atom stereocenters. The van der Waals surface area contributed by atoms with Gasteiger partial charge in [0, 0.05) is 64.1 Å². The van der Waals surface area contributed by atoms with E-state index in [9.17, 15) is 9.59 Å². The minimum absolute atomic E-state index is 0. The van der Waals surface area contributed by atoms with Crippen LogP contribution in [0.5, 0.6) is 0 Å². The van der Waals surface area contributed by atoms with Gasteiger partial charge in [0.05, 0.1) is 6.54 Å². The fourth-order valence-corrected chi connectivity index (χ4v) is 4.09. The summed E-state index contributed by atoms with van der Waals surface area (Å²) >= 11 is 0. The summed E-state index contributed by atoms with van der Waals surface area (Å²) in [5.41, 5.74) is 2.93. The number of para-hydroxylation sites is 1. The van der Waals surface area contributed by atoms with Gasteiger partial charge in [-0.1, -0.05) is 30.3 Å². The molecule has 2 aliphatic rings. The zero-order chi connectivity index (χ0) is 22.3. The highest BCUT2D eigenvalue weighted by Gasteiger charge is 2.22. The quantitative estimate of drug-likeness (QED) is 0.338. The minimum atomic E-state index is -0.110. The van der Waals surface area contributed by atoms with Crippen LogP contribution in [-0.4, -0.2) is 80.4 Å². The van der Waals surface area contributed by atoms with E-state index in [4.69, 9.17) is 0 Å². The lowest BCUT2D eigenvalue weighted by atomic mass is 10.1. The van der Waals surface area contributed by atoms with Gasteiger partial charge in [0.2, 0.25) is 5.91 Å².